The molecule has 0 aliphatic heterocycles. The van der Waals surface area contributed by atoms with Crippen molar-refractivity contribution in [3.63, 3.8) is 0 Å². The third-order valence-electron chi connectivity index (χ3n) is 4.08. The van der Waals surface area contributed by atoms with E-state index < -0.39 is 17.8 Å². The summed E-state index contributed by atoms with van der Waals surface area (Å²) >= 11 is 0. The fourth-order valence-electron chi connectivity index (χ4n) is 2.94. The molecule has 1 radical (unpaired) electrons. The van der Waals surface area contributed by atoms with Crippen LogP contribution in [-0.2, 0) is 0 Å². The van der Waals surface area contributed by atoms with Gasteiger partial charge in [-0.25, -0.2) is 17.6 Å². The molecule has 17 heavy (non-hydrogen) atoms. The summed E-state index contributed by atoms with van der Waals surface area (Å²) in [7, 11) is 0. The smallest absolute Gasteiger partial charge is 0.207 e. The molecule has 0 spiro atoms. The molecule has 0 saturated heterocycles. The second-order valence-electron chi connectivity index (χ2n) is 5.50. The third-order valence-corrected chi connectivity index (χ3v) is 4.08. The topological polar surface area (TPSA) is 0 Å². The van der Waals surface area contributed by atoms with Crippen LogP contribution >= 0.6 is 0 Å². The van der Waals surface area contributed by atoms with Gasteiger partial charge in [-0.05, 0) is 38.0 Å². The molecule has 1 unspecified atom stereocenters. The van der Waals surface area contributed by atoms with Crippen molar-refractivity contribution < 1.29 is 17.6 Å². The molecule has 0 aromatic carbocycles. The van der Waals surface area contributed by atoms with E-state index >= 15 is 0 Å². The summed E-state index contributed by atoms with van der Waals surface area (Å²) in [5, 5.41) is 0. The van der Waals surface area contributed by atoms with Crippen molar-refractivity contribution >= 4 is 0 Å². The fraction of sp³-hybridized carbons (Fsp3) is 0.923. The second-order valence-corrected chi connectivity index (χ2v) is 5.50. The Morgan fingerprint density at radius 3 is 2.06 bits per heavy atom. The largest absolute Gasteiger partial charge is 0.251 e. The van der Waals surface area contributed by atoms with Gasteiger partial charge in [0, 0.05) is 25.2 Å². The van der Waals surface area contributed by atoms with E-state index in [1.165, 1.54) is 0 Å². The van der Waals surface area contributed by atoms with Crippen LogP contribution < -0.4 is 0 Å². The Morgan fingerprint density at radius 2 is 1.47 bits per heavy atom. The molecule has 0 nitrogen and oxygen atoms in total. The van der Waals surface area contributed by atoms with E-state index in [1.807, 2.05) is 0 Å². The summed E-state index contributed by atoms with van der Waals surface area (Å²) in [5.74, 6) is -5.91. The van der Waals surface area contributed by atoms with Gasteiger partial charge in [0.25, 0.3) is 5.92 Å². The van der Waals surface area contributed by atoms with Gasteiger partial charge in [0.1, 0.15) is 0 Å². The lowest BCUT2D eigenvalue weighted by Crippen LogP contribution is -2.35. The normalized spacial score (nSPS) is 33.5. The lowest BCUT2D eigenvalue weighted by Gasteiger charge is -2.35. The van der Waals surface area contributed by atoms with Gasteiger partial charge in [0.2, 0.25) is 5.92 Å². The van der Waals surface area contributed by atoms with Gasteiger partial charge in [0.05, 0.1) is 0 Å². The zero-order chi connectivity index (χ0) is 12.5. The third kappa shape index (κ3) is 3.35. The fourth-order valence-corrected chi connectivity index (χ4v) is 2.94. The van der Waals surface area contributed by atoms with Crippen LogP contribution in [0.2, 0.25) is 0 Å². The molecule has 2 saturated carbocycles. The molecule has 2 aliphatic carbocycles. The van der Waals surface area contributed by atoms with Crippen molar-refractivity contribution in [2.24, 2.45) is 11.8 Å². The summed E-state index contributed by atoms with van der Waals surface area (Å²) < 4.78 is 53.1. The van der Waals surface area contributed by atoms with Gasteiger partial charge >= 0.3 is 0 Å². The summed E-state index contributed by atoms with van der Waals surface area (Å²) in [5.41, 5.74) is 0. The van der Waals surface area contributed by atoms with E-state index in [0.29, 0.717) is 25.7 Å². The zero-order valence-electron chi connectivity index (χ0n) is 9.90. The number of alkyl halides is 4. The van der Waals surface area contributed by atoms with Crippen molar-refractivity contribution in [2.45, 2.75) is 63.2 Å². The standard InChI is InChI=1S/C13H19F4/c14-12(15)7-4-10(5-8-12)9-11-3-1-2-6-13(11,16)17/h9-11H,1-8H2. The molecule has 4 heteroatoms. The number of hydrogen-bond acceptors (Lipinski definition) is 0. The molecular weight excluding hydrogens is 232 g/mol. The molecule has 0 aromatic rings. The predicted molar refractivity (Wildman–Crippen MR) is 58.1 cm³/mol. The maximum atomic E-state index is 13.6. The minimum absolute atomic E-state index is 0.0383. The van der Waals surface area contributed by atoms with E-state index in [4.69, 9.17) is 0 Å². The molecule has 1 atom stereocenters. The lowest BCUT2D eigenvalue weighted by atomic mass is 9.75. The molecule has 0 aromatic heterocycles. The summed E-state index contributed by atoms with van der Waals surface area (Å²) in [6, 6.07) is 0. The Morgan fingerprint density at radius 1 is 0.824 bits per heavy atom. The average Bonchev–Trinajstić information content (AvgIpc) is 2.24. The van der Waals surface area contributed by atoms with Gasteiger partial charge in [-0.3, -0.25) is 0 Å². The highest BCUT2D eigenvalue weighted by Crippen LogP contribution is 2.45. The first-order chi connectivity index (χ1) is 7.89. The van der Waals surface area contributed by atoms with Crippen molar-refractivity contribution in [1.29, 1.82) is 0 Å². The Hall–Kier alpha value is -0.280. The van der Waals surface area contributed by atoms with E-state index in [1.54, 1.807) is 6.42 Å². The van der Waals surface area contributed by atoms with Crippen molar-refractivity contribution in [2.75, 3.05) is 0 Å². The first kappa shape index (κ1) is 13.2. The molecular formula is C13H19F4. The first-order valence-electron chi connectivity index (χ1n) is 6.50. The molecule has 0 heterocycles. The maximum absolute atomic E-state index is 13.6. The van der Waals surface area contributed by atoms with Crippen LogP contribution in [0.5, 0.6) is 0 Å². The molecule has 0 bridgehead atoms. The molecule has 2 fully saturated rings. The van der Waals surface area contributed by atoms with Crippen LogP contribution in [-0.4, -0.2) is 11.8 Å². The van der Waals surface area contributed by atoms with E-state index in [9.17, 15) is 17.6 Å². The van der Waals surface area contributed by atoms with Gasteiger partial charge in [-0.2, -0.15) is 0 Å². The summed E-state index contributed by atoms with van der Waals surface area (Å²) in [6.07, 6.45) is 3.99. The highest BCUT2D eigenvalue weighted by molar-refractivity contribution is 4.96. The SMILES string of the molecule is FC1(F)CCC([CH]C2CCCCC2(F)F)CC1. The number of halogens is 4. The van der Waals surface area contributed by atoms with E-state index in [2.05, 4.69) is 0 Å². The highest BCUT2D eigenvalue weighted by Gasteiger charge is 2.44. The van der Waals surface area contributed by atoms with Crippen LogP contribution in [0.15, 0.2) is 0 Å². The Balaban J connectivity index is 1.85. The van der Waals surface area contributed by atoms with Crippen LogP contribution in [0.25, 0.3) is 0 Å². The summed E-state index contributed by atoms with van der Waals surface area (Å²) in [4.78, 5) is 0. The lowest BCUT2D eigenvalue weighted by molar-refractivity contribution is -0.0818. The monoisotopic (exact) mass is 251 g/mol. The van der Waals surface area contributed by atoms with Crippen molar-refractivity contribution in [3.05, 3.63) is 6.42 Å². The quantitative estimate of drug-likeness (QED) is 0.616. The van der Waals surface area contributed by atoms with Gasteiger partial charge in [0.15, 0.2) is 0 Å². The van der Waals surface area contributed by atoms with E-state index in [0.717, 1.165) is 6.42 Å². The minimum Gasteiger partial charge on any atom is -0.207 e. The summed E-state index contributed by atoms with van der Waals surface area (Å²) in [6.45, 7) is 0. The highest BCUT2D eigenvalue weighted by atomic mass is 19.3. The van der Waals surface area contributed by atoms with Crippen LogP contribution in [0, 0.1) is 18.3 Å². The van der Waals surface area contributed by atoms with Crippen molar-refractivity contribution in [3.8, 4) is 0 Å². The molecule has 2 rings (SSSR count). The van der Waals surface area contributed by atoms with E-state index in [-0.39, 0.29) is 25.2 Å². The Kier molecular flexibility index (Phi) is 3.69. The first-order valence-corrected chi connectivity index (χ1v) is 6.50. The molecule has 0 amide bonds. The number of rotatable bonds is 2. The number of hydrogen-bond donors (Lipinski definition) is 0. The van der Waals surface area contributed by atoms with Gasteiger partial charge in [-0.15, -0.1) is 0 Å². The Labute approximate surface area is 99.8 Å². The van der Waals surface area contributed by atoms with Crippen LogP contribution in [0.4, 0.5) is 17.6 Å². The maximum Gasteiger partial charge on any atom is 0.251 e. The minimum atomic E-state index is -2.61. The zero-order valence-corrected chi connectivity index (χ0v) is 9.90. The molecule has 0 N–H and O–H groups in total. The molecule has 99 valence electrons. The van der Waals surface area contributed by atoms with Crippen molar-refractivity contribution in [1.82, 2.24) is 0 Å². The molecule has 2 aliphatic rings. The van der Waals surface area contributed by atoms with Gasteiger partial charge < -0.3 is 0 Å². The predicted octanol–water partition coefficient (Wildman–Crippen LogP) is 4.84. The second kappa shape index (κ2) is 4.77. The average molecular weight is 251 g/mol. The van der Waals surface area contributed by atoms with Crippen LogP contribution in [0.3, 0.4) is 0 Å². The van der Waals surface area contributed by atoms with Gasteiger partial charge in [-0.1, -0.05) is 6.42 Å². The van der Waals surface area contributed by atoms with Crippen LogP contribution in [0.1, 0.15) is 51.4 Å². The Bertz CT molecular complexity index is 252.